The van der Waals surface area contributed by atoms with Gasteiger partial charge in [-0.05, 0) is 31.7 Å². The highest BCUT2D eigenvalue weighted by atomic mass is 19.1. The van der Waals surface area contributed by atoms with E-state index in [-0.39, 0.29) is 11.8 Å². The standard InChI is InChI=1S/C11H14FN3O/c12-9-3-1-8(2-4-9)11(16)15-10-5-6-13-7-14-10/h5-9H,1-4H2,(H,13,14,15,16). The molecule has 0 unspecified atom stereocenters. The summed E-state index contributed by atoms with van der Waals surface area (Å²) in [5.74, 6) is 0.356. The Morgan fingerprint density at radius 2 is 2.12 bits per heavy atom. The molecule has 0 saturated heterocycles. The fraction of sp³-hybridized carbons (Fsp3) is 0.545. The van der Waals surface area contributed by atoms with E-state index in [4.69, 9.17) is 0 Å². The average Bonchev–Trinajstić information content (AvgIpc) is 2.31. The van der Waals surface area contributed by atoms with Gasteiger partial charge in [0.1, 0.15) is 18.3 Å². The van der Waals surface area contributed by atoms with Crippen molar-refractivity contribution in [1.82, 2.24) is 9.97 Å². The van der Waals surface area contributed by atoms with Gasteiger partial charge in [-0.3, -0.25) is 4.79 Å². The largest absolute Gasteiger partial charge is 0.310 e. The van der Waals surface area contributed by atoms with Crippen LogP contribution in [-0.4, -0.2) is 22.0 Å². The summed E-state index contributed by atoms with van der Waals surface area (Å²) in [7, 11) is 0. The second kappa shape index (κ2) is 5.01. The Morgan fingerprint density at radius 3 is 2.75 bits per heavy atom. The maximum absolute atomic E-state index is 12.9. The van der Waals surface area contributed by atoms with E-state index in [9.17, 15) is 9.18 Å². The molecule has 0 aromatic carbocycles. The number of alkyl halides is 1. The second-order valence-electron chi connectivity index (χ2n) is 4.03. The van der Waals surface area contributed by atoms with Crippen LogP contribution >= 0.6 is 0 Å². The van der Waals surface area contributed by atoms with Crippen molar-refractivity contribution in [3.05, 3.63) is 18.6 Å². The van der Waals surface area contributed by atoms with Crippen molar-refractivity contribution < 1.29 is 9.18 Å². The van der Waals surface area contributed by atoms with Crippen LogP contribution in [0.4, 0.5) is 10.2 Å². The van der Waals surface area contributed by atoms with Crippen molar-refractivity contribution >= 4 is 11.7 Å². The molecule has 1 aromatic rings. The summed E-state index contributed by atoms with van der Waals surface area (Å²) in [6.07, 6.45) is 4.44. The fourth-order valence-electron chi connectivity index (χ4n) is 1.91. The van der Waals surface area contributed by atoms with Gasteiger partial charge in [0.25, 0.3) is 0 Å². The molecule has 2 rings (SSSR count). The summed E-state index contributed by atoms with van der Waals surface area (Å²) in [4.78, 5) is 19.5. The Morgan fingerprint density at radius 1 is 1.38 bits per heavy atom. The van der Waals surface area contributed by atoms with Crippen LogP contribution < -0.4 is 5.32 Å². The third kappa shape index (κ3) is 2.74. The molecule has 0 radical (unpaired) electrons. The van der Waals surface area contributed by atoms with Crippen LogP contribution in [0.2, 0.25) is 0 Å². The van der Waals surface area contributed by atoms with E-state index in [1.165, 1.54) is 6.33 Å². The summed E-state index contributed by atoms with van der Waals surface area (Å²) in [6, 6.07) is 1.64. The number of amides is 1. The van der Waals surface area contributed by atoms with Gasteiger partial charge < -0.3 is 5.32 Å². The van der Waals surface area contributed by atoms with Crippen LogP contribution in [0, 0.1) is 5.92 Å². The number of rotatable bonds is 2. The predicted molar refractivity (Wildman–Crippen MR) is 57.5 cm³/mol. The number of carbonyl (C=O) groups is 1. The highest BCUT2D eigenvalue weighted by molar-refractivity contribution is 5.91. The highest BCUT2D eigenvalue weighted by Crippen LogP contribution is 2.26. The van der Waals surface area contributed by atoms with Crippen molar-refractivity contribution in [2.24, 2.45) is 5.92 Å². The first-order valence-corrected chi connectivity index (χ1v) is 5.46. The van der Waals surface area contributed by atoms with E-state index < -0.39 is 6.17 Å². The molecule has 1 fully saturated rings. The molecular formula is C11H14FN3O. The van der Waals surface area contributed by atoms with Gasteiger partial charge in [0, 0.05) is 12.1 Å². The van der Waals surface area contributed by atoms with Gasteiger partial charge >= 0.3 is 0 Å². The fourth-order valence-corrected chi connectivity index (χ4v) is 1.91. The monoisotopic (exact) mass is 223 g/mol. The molecule has 0 spiro atoms. The van der Waals surface area contributed by atoms with E-state index in [0.717, 1.165) is 0 Å². The van der Waals surface area contributed by atoms with Crippen molar-refractivity contribution in [1.29, 1.82) is 0 Å². The highest BCUT2D eigenvalue weighted by Gasteiger charge is 2.26. The molecule has 4 nitrogen and oxygen atoms in total. The van der Waals surface area contributed by atoms with Crippen molar-refractivity contribution in [2.45, 2.75) is 31.9 Å². The first-order valence-electron chi connectivity index (χ1n) is 5.46. The number of anilines is 1. The van der Waals surface area contributed by atoms with E-state index in [1.807, 2.05) is 0 Å². The maximum atomic E-state index is 12.9. The van der Waals surface area contributed by atoms with Gasteiger partial charge in [-0.25, -0.2) is 14.4 Å². The van der Waals surface area contributed by atoms with Crippen LogP contribution in [0.5, 0.6) is 0 Å². The topological polar surface area (TPSA) is 54.9 Å². The minimum Gasteiger partial charge on any atom is -0.310 e. The quantitative estimate of drug-likeness (QED) is 0.833. The Kier molecular flexibility index (Phi) is 3.44. The molecule has 16 heavy (non-hydrogen) atoms. The first-order chi connectivity index (χ1) is 7.75. The Bertz CT molecular complexity index is 350. The lowest BCUT2D eigenvalue weighted by molar-refractivity contribution is -0.121. The maximum Gasteiger partial charge on any atom is 0.228 e. The van der Waals surface area contributed by atoms with Crippen molar-refractivity contribution in [2.75, 3.05) is 5.32 Å². The first kappa shape index (κ1) is 11.0. The van der Waals surface area contributed by atoms with Gasteiger partial charge in [-0.2, -0.15) is 0 Å². The van der Waals surface area contributed by atoms with E-state index in [1.54, 1.807) is 12.3 Å². The Hall–Kier alpha value is -1.52. The van der Waals surface area contributed by atoms with E-state index in [2.05, 4.69) is 15.3 Å². The number of nitrogens with zero attached hydrogens (tertiary/aromatic N) is 2. The van der Waals surface area contributed by atoms with Gasteiger partial charge in [0.2, 0.25) is 5.91 Å². The molecule has 1 N–H and O–H groups in total. The zero-order chi connectivity index (χ0) is 11.4. The average molecular weight is 223 g/mol. The summed E-state index contributed by atoms with van der Waals surface area (Å²) in [5.41, 5.74) is 0. The third-order valence-corrected chi connectivity index (χ3v) is 2.86. The normalized spacial score (nSPS) is 25.1. The lowest BCUT2D eigenvalue weighted by atomic mass is 9.87. The summed E-state index contributed by atoms with van der Waals surface area (Å²) in [5, 5.41) is 2.71. The molecule has 1 aromatic heterocycles. The van der Waals surface area contributed by atoms with Crippen LogP contribution in [0.1, 0.15) is 25.7 Å². The number of aromatic nitrogens is 2. The number of hydrogen-bond donors (Lipinski definition) is 1. The molecule has 1 heterocycles. The summed E-state index contributed by atoms with van der Waals surface area (Å²) < 4.78 is 12.9. The van der Waals surface area contributed by atoms with Crippen LogP contribution in [0.3, 0.4) is 0 Å². The van der Waals surface area contributed by atoms with Gasteiger partial charge in [0.05, 0.1) is 0 Å². The Labute approximate surface area is 93.3 Å². The molecule has 0 atom stereocenters. The summed E-state index contributed by atoms with van der Waals surface area (Å²) in [6.45, 7) is 0. The second-order valence-corrected chi connectivity index (χ2v) is 4.03. The molecule has 0 bridgehead atoms. The van der Waals surface area contributed by atoms with Gasteiger partial charge in [0.15, 0.2) is 0 Å². The molecule has 5 heteroatoms. The minimum absolute atomic E-state index is 0.0643. The lowest BCUT2D eigenvalue weighted by Gasteiger charge is -2.22. The summed E-state index contributed by atoms with van der Waals surface area (Å²) >= 11 is 0. The Balaban J connectivity index is 1.89. The zero-order valence-electron chi connectivity index (χ0n) is 8.90. The molecular weight excluding hydrogens is 209 g/mol. The van der Waals surface area contributed by atoms with Crippen LogP contribution in [-0.2, 0) is 4.79 Å². The molecule has 0 aliphatic heterocycles. The number of halogens is 1. The van der Waals surface area contributed by atoms with E-state index in [0.29, 0.717) is 31.5 Å². The van der Waals surface area contributed by atoms with E-state index >= 15 is 0 Å². The number of nitrogens with one attached hydrogen (secondary N) is 1. The molecule has 1 aliphatic carbocycles. The van der Waals surface area contributed by atoms with Crippen molar-refractivity contribution in [3.8, 4) is 0 Å². The van der Waals surface area contributed by atoms with Crippen LogP contribution in [0.15, 0.2) is 18.6 Å². The molecule has 1 saturated carbocycles. The van der Waals surface area contributed by atoms with Crippen LogP contribution in [0.25, 0.3) is 0 Å². The van der Waals surface area contributed by atoms with Gasteiger partial charge in [-0.15, -0.1) is 0 Å². The smallest absolute Gasteiger partial charge is 0.228 e. The number of hydrogen-bond acceptors (Lipinski definition) is 3. The number of carbonyl (C=O) groups excluding carboxylic acids is 1. The van der Waals surface area contributed by atoms with Crippen molar-refractivity contribution in [3.63, 3.8) is 0 Å². The zero-order valence-corrected chi connectivity index (χ0v) is 8.90. The predicted octanol–water partition coefficient (Wildman–Crippen LogP) is 1.94. The molecule has 1 amide bonds. The van der Waals surface area contributed by atoms with Gasteiger partial charge in [-0.1, -0.05) is 0 Å². The molecule has 1 aliphatic rings. The lowest BCUT2D eigenvalue weighted by Crippen LogP contribution is -2.27. The molecule has 86 valence electrons. The third-order valence-electron chi connectivity index (χ3n) is 2.86. The minimum atomic E-state index is -0.733. The SMILES string of the molecule is O=C(Nc1ccncn1)C1CCC(F)CC1.